The van der Waals surface area contributed by atoms with Crippen molar-refractivity contribution in [3.63, 3.8) is 0 Å². The van der Waals surface area contributed by atoms with Crippen LogP contribution >= 0.6 is 0 Å². The van der Waals surface area contributed by atoms with Crippen molar-refractivity contribution in [2.45, 2.75) is 52.1 Å². The molecule has 1 heterocycles. The molecule has 4 nitrogen and oxygen atoms in total. The molecule has 2 aliphatic rings. The summed E-state index contributed by atoms with van der Waals surface area (Å²) in [5.74, 6) is 1.35. The SMILES string of the molecule is CC(C)C1CCCC2(CCOC2CS(N)(=O)=O)C1. The lowest BCUT2D eigenvalue weighted by Gasteiger charge is -2.42. The van der Waals surface area contributed by atoms with Gasteiger partial charge in [0.15, 0.2) is 0 Å². The highest BCUT2D eigenvalue weighted by atomic mass is 32.2. The van der Waals surface area contributed by atoms with E-state index in [4.69, 9.17) is 9.88 Å². The van der Waals surface area contributed by atoms with Crippen LogP contribution < -0.4 is 5.14 Å². The normalized spacial score (nSPS) is 37.6. The van der Waals surface area contributed by atoms with Gasteiger partial charge in [-0.05, 0) is 31.1 Å². The summed E-state index contributed by atoms with van der Waals surface area (Å²) in [5.41, 5.74) is 0.0691. The molecular formula is C13H25NO3S. The zero-order valence-corrected chi connectivity index (χ0v) is 12.2. The van der Waals surface area contributed by atoms with Gasteiger partial charge in [0.25, 0.3) is 0 Å². The van der Waals surface area contributed by atoms with Crippen molar-refractivity contribution < 1.29 is 13.2 Å². The van der Waals surface area contributed by atoms with E-state index in [-0.39, 0.29) is 17.3 Å². The quantitative estimate of drug-likeness (QED) is 0.855. The predicted molar refractivity (Wildman–Crippen MR) is 71.6 cm³/mol. The second-order valence-electron chi connectivity index (χ2n) is 6.40. The molecule has 0 amide bonds. The van der Waals surface area contributed by atoms with E-state index in [1.54, 1.807) is 0 Å². The van der Waals surface area contributed by atoms with Gasteiger partial charge in [-0.15, -0.1) is 0 Å². The summed E-state index contributed by atoms with van der Waals surface area (Å²) < 4.78 is 28.3. The van der Waals surface area contributed by atoms with E-state index in [0.717, 1.165) is 19.3 Å². The van der Waals surface area contributed by atoms with Crippen molar-refractivity contribution in [3.8, 4) is 0 Å². The minimum atomic E-state index is -3.45. The van der Waals surface area contributed by atoms with Crippen LogP contribution in [0.3, 0.4) is 0 Å². The standard InChI is InChI=1S/C13H25NO3S/c1-10(2)11-4-3-5-13(8-11)6-7-17-12(13)9-18(14,15)16/h10-12H,3-9H2,1-2H3,(H2,14,15,16). The fourth-order valence-corrected chi connectivity index (χ4v) is 4.58. The second kappa shape index (κ2) is 5.10. The topological polar surface area (TPSA) is 69.4 Å². The number of primary sulfonamides is 1. The third-order valence-corrected chi connectivity index (χ3v) is 5.61. The Hall–Kier alpha value is -0.130. The Morgan fingerprint density at radius 2 is 2.11 bits per heavy atom. The van der Waals surface area contributed by atoms with Gasteiger partial charge in [0.1, 0.15) is 0 Å². The van der Waals surface area contributed by atoms with Gasteiger partial charge < -0.3 is 4.74 Å². The van der Waals surface area contributed by atoms with Gasteiger partial charge in [-0.1, -0.05) is 26.7 Å². The number of hydrogen-bond donors (Lipinski definition) is 1. The Kier molecular flexibility index (Phi) is 4.04. The van der Waals surface area contributed by atoms with E-state index in [2.05, 4.69) is 13.8 Å². The highest BCUT2D eigenvalue weighted by molar-refractivity contribution is 7.89. The van der Waals surface area contributed by atoms with E-state index in [9.17, 15) is 8.42 Å². The number of ether oxygens (including phenoxy) is 1. The van der Waals surface area contributed by atoms with Crippen LogP contribution in [0.15, 0.2) is 0 Å². The summed E-state index contributed by atoms with van der Waals surface area (Å²) in [7, 11) is -3.45. The lowest BCUT2D eigenvalue weighted by atomic mass is 9.64. The molecule has 3 unspecified atom stereocenters. The summed E-state index contributed by atoms with van der Waals surface area (Å²) in [6.45, 7) is 5.20. The zero-order valence-electron chi connectivity index (χ0n) is 11.4. The lowest BCUT2D eigenvalue weighted by Crippen LogP contribution is -2.42. The summed E-state index contributed by atoms with van der Waals surface area (Å²) in [5, 5.41) is 5.19. The van der Waals surface area contributed by atoms with Crippen molar-refractivity contribution in [1.82, 2.24) is 0 Å². The van der Waals surface area contributed by atoms with Crippen molar-refractivity contribution in [1.29, 1.82) is 0 Å². The summed E-state index contributed by atoms with van der Waals surface area (Å²) in [6.07, 6.45) is 5.46. The molecule has 0 aromatic rings. The fraction of sp³-hybridized carbons (Fsp3) is 1.00. The van der Waals surface area contributed by atoms with E-state index in [0.29, 0.717) is 18.4 Å². The molecule has 1 aliphatic carbocycles. The van der Waals surface area contributed by atoms with Crippen LogP contribution in [-0.2, 0) is 14.8 Å². The Balaban J connectivity index is 2.13. The Bertz CT molecular complexity index is 393. The van der Waals surface area contributed by atoms with Crippen molar-refractivity contribution in [2.24, 2.45) is 22.4 Å². The minimum absolute atomic E-state index is 0.0161. The molecule has 106 valence electrons. The van der Waals surface area contributed by atoms with Crippen molar-refractivity contribution in [2.75, 3.05) is 12.4 Å². The third-order valence-electron chi connectivity index (χ3n) is 4.85. The van der Waals surface area contributed by atoms with Crippen LogP contribution in [0, 0.1) is 17.3 Å². The van der Waals surface area contributed by atoms with Crippen LogP contribution in [0.5, 0.6) is 0 Å². The highest BCUT2D eigenvalue weighted by Crippen LogP contribution is 2.50. The number of sulfonamides is 1. The average Bonchev–Trinajstić information content (AvgIpc) is 2.59. The minimum Gasteiger partial charge on any atom is -0.377 e. The second-order valence-corrected chi connectivity index (χ2v) is 8.06. The lowest BCUT2D eigenvalue weighted by molar-refractivity contribution is 0.0213. The molecule has 0 aromatic carbocycles. The fourth-order valence-electron chi connectivity index (χ4n) is 3.71. The number of hydrogen-bond acceptors (Lipinski definition) is 3. The van der Waals surface area contributed by atoms with Gasteiger partial charge in [-0.2, -0.15) is 0 Å². The number of rotatable bonds is 3. The summed E-state index contributed by atoms with van der Waals surface area (Å²) in [4.78, 5) is 0. The van der Waals surface area contributed by atoms with Crippen LogP contribution in [0.4, 0.5) is 0 Å². The molecule has 2 rings (SSSR count). The molecular weight excluding hydrogens is 250 g/mol. The van der Waals surface area contributed by atoms with E-state index in [1.807, 2.05) is 0 Å². The van der Waals surface area contributed by atoms with Gasteiger partial charge in [0.05, 0.1) is 11.9 Å². The smallest absolute Gasteiger partial charge is 0.211 e. The molecule has 2 fully saturated rings. The molecule has 0 radical (unpaired) electrons. The van der Waals surface area contributed by atoms with Gasteiger partial charge in [0.2, 0.25) is 10.0 Å². The molecule has 1 spiro atoms. The molecule has 3 atom stereocenters. The number of nitrogens with two attached hydrogens (primary N) is 1. The molecule has 1 aliphatic heterocycles. The van der Waals surface area contributed by atoms with E-state index in [1.165, 1.54) is 12.8 Å². The largest absolute Gasteiger partial charge is 0.377 e. The molecule has 0 aromatic heterocycles. The first kappa shape index (κ1) is 14.3. The van der Waals surface area contributed by atoms with Crippen LogP contribution in [0.2, 0.25) is 0 Å². The Morgan fingerprint density at radius 1 is 1.39 bits per heavy atom. The van der Waals surface area contributed by atoms with Crippen LogP contribution in [-0.4, -0.2) is 26.9 Å². The first-order valence-corrected chi connectivity index (χ1v) is 8.66. The highest BCUT2D eigenvalue weighted by Gasteiger charge is 2.48. The predicted octanol–water partition coefficient (Wildman–Crippen LogP) is 1.90. The molecule has 5 heteroatoms. The van der Waals surface area contributed by atoms with Gasteiger partial charge in [-0.3, -0.25) is 0 Å². The summed E-state index contributed by atoms with van der Waals surface area (Å²) >= 11 is 0. The van der Waals surface area contributed by atoms with E-state index < -0.39 is 10.0 Å². The maximum absolute atomic E-state index is 11.3. The first-order chi connectivity index (χ1) is 8.32. The third kappa shape index (κ3) is 3.06. The van der Waals surface area contributed by atoms with Crippen LogP contribution in [0.1, 0.15) is 46.0 Å². The molecule has 1 saturated carbocycles. The van der Waals surface area contributed by atoms with Gasteiger partial charge in [-0.25, -0.2) is 13.6 Å². The first-order valence-electron chi connectivity index (χ1n) is 6.94. The van der Waals surface area contributed by atoms with Gasteiger partial charge >= 0.3 is 0 Å². The zero-order chi connectivity index (χ0) is 13.4. The van der Waals surface area contributed by atoms with Gasteiger partial charge in [0, 0.05) is 12.0 Å². The molecule has 1 saturated heterocycles. The average molecular weight is 275 g/mol. The van der Waals surface area contributed by atoms with Crippen LogP contribution in [0.25, 0.3) is 0 Å². The van der Waals surface area contributed by atoms with Crippen molar-refractivity contribution >= 4 is 10.0 Å². The van der Waals surface area contributed by atoms with E-state index >= 15 is 0 Å². The molecule has 2 N–H and O–H groups in total. The Labute approximate surface area is 110 Å². The maximum Gasteiger partial charge on any atom is 0.211 e. The summed E-state index contributed by atoms with van der Waals surface area (Å²) in [6, 6.07) is 0. The Morgan fingerprint density at radius 3 is 2.72 bits per heavy atom. The maximum atomic E-state index is 11.3. The molecule has 18 heavy (non-hydrogen) atoms. The monoisotopic (exact) mass is 275 g/mol. The molecule has 0 bridgehead atoms. The van der Waals surface area contributed by atoms with Crippen molar-refractivity contribution in [3.05, 3.63) is 0 Å².